The fourth-order valence-electron chi connectivity index (χ4n) is 8.62. The van der Waals surface area contributed by atoms with Crippen LogP contribution < -0.4 is 5.32 Å². The van der Waals surface area contributed by atoms with E-state index < -0.39 is 0 Å². The van der Waals surface area contributed by atoms with E-state index in [1.807, 2.05) is 0 Å². The number of fused-ring (bicyclic) bond motifs is 5. The molecule has 0 bridgehead atoms. The second-order valence-electron chi connectivity index (χ2n) is 12.2. The first kappa shape index (κ1) is 23.7. The van der Waals surface area contributed by atoms with Crippen LogP contribution in [0.1, 0.15) is 92.4 Å². The van der Waals surface area contributed by atoms with Gasteiger partial charge in [-0.05, 0) is 116 Å². The first-order valence-corrected chi connectivity index (χ1v) is 13.6. The number of likely N-dealkylation sites (N-methyl/N-ethyl adjacent to an activating group) is 1. The van der Waals surface area contributed by atoms with Crippen LogP contribution in [0.5, 0.6) is 0 Å². The SMILES string of the molecule is CC/C(S)=C\C=C/C(C)(NC)C1=CCC2C3CCC4CC(C)CCC4(C)C3CCC12C. The molecule has 0 radical (unpaired) electrons. The molecule has 0 saturated heterocycles. The molecule has 0 aromatic heterocycles. The molecule has 174 valence electrons. The van der Waals surface area contributed by atoms with Crippen molar-refractivity contribution in [3.8, 4) is 0 Å². The third kappa shape index (κ3) is 3.92. The van der Waals surface area contributed by atoms with Gasteiger partial charge >= 0.3 is 0 Å². The van der Waals surface area contributed by atoms with Gasteiger partial charge in [-0.25, -0.2) is 0 Å². The molecule has 0 amide bonds. The van der Waals surface area contributed by atoms with Crippen LogP contribution in [0.4, 0.5) is 0 Å². The summed E-state index contributed by atoms with van der Waals surface area (Å²) in [5, 5.41) is 3.69. The smallest absolute Gasteiger partial charge is 0.0557 e. The first-order chi connectivity index (χ1) is 14.7. The molecule has 8 unspecified atom stereocenters. The number of thiol groups is 1. The van der Waals surface area contributed by atoms with E-state index in [0.29, 0.717) is 10.8 Å². The fourth-order valence-corrected chi connectivity index (χ4v) is 8.71. The monoisotopic (exact) mass is 441 g/mol. The van der Waals surface area contributed by atoms with E-state index in [-0.39, 0.29) is 5.54 Å². The normalized spacial score (nSPS) is 44.9. The lowest BCUT2D eigenvalue weighted by atomic mass is 9.44. The highest BCUT2D eigenvalue weighted by atomic mass is 32.1. The average molecular weight is 442 g/mol. The average Bonchev–Trinajstić information content (AvgIpc) is 3.12. The summed E-state index contributed by atoms with van der Waals surface area (Å²) in [6.45, 7) is 12.3. The molecule has 4 aliphatic rings. The zero-order valence-electron chi connectivity index (χ0n) is 21.0. The van der Waals surface area contributed by atoms with E-state index >= 15 is 0 Å². The zero-order chi connectivity index (χ0) is 22.4. The van der Waals surface area contributed by atoms with Crippen molar-refractivity contribution in [2.24, 2.45) is 40.4 Å². The molecule has 4 rings (SSSR count). The number of rotatable bonds is 5. The number of allylic oxidation sites excluding steroid dienone is 4. The molecule has 0 aromatic carbocycles. The molecular weight excluding hydrogens is 394 g/mol. The summed E-state index contributed by atoms with van der Waals surface area (Å²) >= 11 is 4.57. The zero-order valence-corrected chi connectivity index (χ0v) is 21.9. The van der Waals surface area contributed by atoms with Crippen LogP contribution in [0.3, 0.4) is 0 Å². The summed E-state index contributed by atoms with van der Waals surface area (Å²) in [5.74, 6) is 4.66. The summed E-state index contributed by atoms with van der Waals surface area (Å²) in [6, 6.07) is 0. The van der Waals surface area contributed by atoms with Crippen LogP contribution in [0.2, 0.25) is 0 Å². The molecule has 0 spiro atoms. The molecule has 4 aliphatic carbocycles. The first-order valence-electron chi connectivity index (χ1n) is 13.2. The maximum atomic E-state index is 4.57. The van der Waals surface area contributed by atoms with E-state index in [9.17, 15) is 0 Å². The van der Waals surface area contributed by atoms with Gasteiger partial charge in [0.15, 0.2) is 0 Å². The van der Waals surface area contributed by atoms with Crippen LogP contribution >= 0.6 is 12.6 Å². The van der Waals surface area contributed by atoms with E-state index in [1.165, 1.54) is 51.4 Å². The van der Waals surface area contributed by atoms with Crippen molar-refractivity contribution in [2.75, 3.05) is 7.05 Å². The summed E-state index contributed by atoms with van der Waals surface area (Å²) in [6.07, 6.45) is 21.9. The Hall–Kier alpha value is -0.470. The second kappa shape index (κ2) is 8.71. The fraction of sp³-hybridized carbons (Fsp3) is 0.793. The number of hydrogen-bond acceptors (Lipinski definition) is 2. The molecule has 0 heterocycles. The predicted molar refractivity (Wildman–Crippen MR) is 138 cm³/mol. The van der Waals surface area contributed by atoms with E-state index in [1.54, 1.807) is 5.57 Å². The van der Waals surface area contributed by atoms with Gasteiger partial charge in [-0.3, -0.25) is 0 Å². The van der Waals surface area contributed by atoms with Crippen LogP contribution in [0, 0.1) is 40.4 Å². The molecule has 8 atom stereocenters. The standard InChI is InChI=1S/C29H47NS/c1-7-22(31)9-8-16-29(5,30-6)26-13-12-24-23-11-10-21-19-20(2)14-17-27(21,3)25(23)15-18-28(24,26)4/h8-9,13,16,20-21,23-25,30-31H,7,10-12,14-15,17-19H2,1-6H3/b16-8-,22-9+. The minimum absolute atomic E-state index is 0.0734. The number of hydrogen-bond donors (Lipinski definition) is 2. The molecular formula is C29H47NS. The second-order valence-corrected chi connectivity index (χ2v) is 12.7. The third-order valence-electron chi connectivity index (χ3n) is 10.7. The third-order valence-corrected chi connectivity index (χ3v) is 11.1. The van der Waals surface area contributed by atoms with Crippen molar-refractivity contribution < 1.29 is 0 Å². The molecule has 0 aliphatic heterocycles. The van der Waals surface area contributed by atoms with Gasteiger partial charge in [-0.15, -0.1) is 12.6 Å². The van der Waals surface area contributed by atoms with Crippen molar-refractivity contribution in [3.63, 3.8) is 0 Å². The molecule has 31 heavy (non-hydrogen) atoms. The molecule has 3 fully saturated rings. The topological polar surface area (TPSA) is 12.0 Å². The van der Waals surface area contributed by atoms with E-state index in [0.717, 1.165) is 40.9 Å². The maximum Gasteiger partial charge on any atom is 0.0557 e. The highest BCUT2D eigenvalue weighted by Crippen LogP contribution is 2.67. The quantitative estimate of drug-likeness (QED) is 0.250. The van der Waals surface area contributed by atoms with Gasteiger partial charge in [0.05, 0.1) is 5.54 Å². The summed E-state index contributed by atoms with van der Waals surface area (Å²) in [7, 11) is 2.13. The maximum absolute atomic E-state index is 4.57. The van der Waals surface area contributed by atoms with Gasteiger partial charge in [-0.1, -0.05) is 58.4 Å². The van der Waals surface area contributed by atoms with Gasteiger partial charge in [-0.2, -0.15) is 0 Å². The number of nitrogens with one attached hydrogen (secondary N) is 1. The highest BCUT2D eigenvalue weighted by Gasteiger charge is 2.59. The predicted octanol–water partition coefficient (Wildman–Crippen LogP) is 7.96. The lowest BCUT2D eigenvalue weighted by Gasteiger charge is -2.61. The Morgan fingerprint density at radius 3 is 2.68 bits per heavy atom. The van der Waals surface area contributed by atoms with Crippen molar-refractivity contribution in [1.82, 2.24) is 5.32 Å². The Labute approximate surface area is 198 Å². The Bertz CT molecular complexity index is 765. The molecule has 0 aromatic rings. The molecule has 2 heteroatoms. The molecule has 3 saturated carbocycles. The minimum Gasteiger partial charge on any atom is -0.308 e. The highest BCUT2D eigenvalue weighted by molar-refractivity contribution is 7.84. The van der Waals surface area contributed by atoms with Crippen molar-refractivity contribution in [2.45, 2.75) is 97.9 Å². The Balaban J connectivity index is 1.58. The van der Waals surface area contributed by atoms with Gasteiger partial charge < -0.3 is 5.32 Å². The van der Waals surface area contributed by atoms with Crippen molar-refractivity contribution in [3.05, 3.63) is 34.8 Å². The largest absolute Gasteiger partial charge is 0.308 e. The van der Waals surface area contributed by atoms with E-state index in [4.69, 9.17) is 0 Å². The van der Waals surface area contributed by atoms with Gasteiger partial charge in [0.1, 0.15) is 0 Å². The van der Waals surface area contributed by atoms with Crippen LogP contribution in [-0.2, 0) is 0 Å². The van der Waals surface area contributed by atoms with Gasteiger partial charge in [0.25, 0.3) is 0 Å². The molecule has 1 nitrogen and oxygen atoms in total. The van der Waals surface area contributed by atoms with E-state index in [2.05, 4.69) is 83.9 Å². The Kier molecular flexibility index (Phi) is 6.65. The van der Waals surface area contributed by atoms with Crippen LogP contribution in [-0.4, -0.2) is 12.6 Å². The van der Waals surface area contributed by atoms with Crippen molar-refractivity contribution >= 4 is 12.6 Å². The minimum atomic E-state index is -0.0734. The lowest BCUT2D eigenvalue weighted by molar-refractivity contribution is -0.107. The van der Waals surface area contributed by atoms with Gasteiger partial charge in [0.2, 0.25) is 0 Å². The summed E-state index contributed by atoms with van der Waals surface area (Å²) < 4.78 is 0. The Morgan fingerprint density at radius 1 is 1.19 bits per heavy atom. The van der Waals surface area contributed by atoms with Crippen LogP contribution in [0.25, 0.3) is 0 Å². The summed E-state index contributed by atoms with van der Waals surface area (Å²) in [4.78, 5) is 1.14. The molecule has 1 N–H and O–H groups in total. The van der Waals surface area contributed by atoms with Gasteiger partial charge in [0, 0.05) is 0 Å². The van der Waals surface area contributed by atoms with Crippen molar-refractivity contribution in [1.29, 1.82) is 0 Å². The van der Waals surface area contributed by atoms with Crippen LogP contribution in [0.15, 0.2) is 34.8 Å². The lowest BCUT2D eigenvalue weighted by Crippen LogP contribution is -2.55. The Morgan fingerprint density at radius 2 is 1.97 bits per heavy atom. The summed E-state index contributed by atoms with van der Waals surface area (Å²) in [5.41, 5.74) is 2.53.